The van der Waals surface area contributed by atoms with Crippen LogP contribution >= 0.6 is 11.3 Å². The maximum atomic E-state index is 16.7. The molecule has 288 valence electrons. The zero-order valence-electron chi connectivity index (χ0n) is 28.6. The van der Waals surface area contributed by atoms with Crippen molar-refractivity contribution in [3.63, 3.8) is 0 Å². The highest BCUT2D eigenvalue weighted by atomic mass is 32.1. The number of halogens is 7. The Labute approximate surface area is 304 Å². The second-order valence-corrected chi connectivity index (χ2v) is 14.0. The van der Waals surface area contributed by atoms with Gasteiger partial charge in [-0.25, -0.2) is 4.39 Å². The van der Waals surface area contributed by atoms with Crippen LogP contribution in [0.1, 0.15) is 84.7 Å². The summed E-state index contributed by atoms with van der Waals surface area (Å²) in [6.07, 6.45) is -7.97. The number of benzene rings is 1. The Bertz CT molecular complexity index is 1780. The van der Waals surface area contributed by atoms with Crippen LogP contribution in [-0.4, -0.2) is 75.6 Å². The minimum Gasteiger partial charge on any atom is -0.493 e. The van der Waals surface area contributed by atoms with E-state index in [1.165, 1.54) is 4.90 Å². The van der Waals surface area contributed by atoms with Crippen molar-refractivity contribution in [2.45, 2.75) is 88.0 Å². The second-order valence-electron chi connectivity index (χ2n) is 13.1. The molecular formula is C36H38F7N3O6S. The highest BCUT2D eigenvalue weighted by Gasteiger charge is 2.57. The average Bonchev–Trinajstić information content (AvgIpc) is 3.60. The number of aromatic nitrogens is 1. The molecule has 9 nitrogen and oxygen atoms in total. The van der Waals surface area contributed by atoms with Gasteiger partial charge in [-0.2, -0.15) is 26.3 Å². The van der Waals surface area contributed by atoms with E-state index >= 15 is 4.39 Å². The number of rotatable bonds is 12. The molecule has 0 aliphatic carbocycles. The van der Waals surface area contributed by atoms with Gasteiger partial charge in [-0.3, -0.25) is 19.4 Å². The van der Waals surface area contributed by atoms with Crippen molar-refractivity contribution < 1.29 is 59.7 Å². The summed E-state index contributed by atoms with van der Waals surface area (Å²) in [7, 11) is 0. The molecule has 17 heteroatoms. The molecule has 1 N–H and O–H groups in total. The molecule has 0 saturated carbocycles. The number of carboxylic acids is 1. The third-order valence-electron chi connectivity index (χ3n) is 9.56. The highest BCUT2D eigenvalue weighted by molar-refractivity contribution is 7.10. The summed E-state index contributed by atoms with van der Waals surface area (Å²) in [5, 5.41) is 10.0. The lowest BCUT2D eigenvalue weighted by atomic mass is 9.78. The van der Waals surface area contributed by atoms with Crippen molar-refractivity contribution in [3.8, 4) is 11.5 Å². The highest BCUT2D eigenvalue weighted by Crippen LogP contribution is 2.45. The number of carbonyl (C=O) groups is 3. The molecule has 3 aromatic rings. The Hall–Kier alpha value is -4.41. The van der Waals surface area contributed by atoms with Crippen molar-refractivity contribution in [2.75, 3.05) is 26.2 Å². The van der Waals surface area contributed by atoms with E-state index in [0.717, 1.165) is 28.7 Å². The van der Waals surface area contributed by atoms with Gasteiger partial charge in [-0.05, 0) is 31.4 Å². The third kappa shape index (κ3) is 8.71. The molecule has 2 saturated heterocycles. The number of aliphatic carboxylic acids is 1. The molecule has 0 bridgehead atoms. The number of likely N-dealkylation sites (tertiary alicyclic amines) is 2. The van der Waals surface area contributed by atoms with Crippen LogP contribution in [0.3, 0.4) is 0 Å². The number of carboxylic acid groups (broad SMARTS) is 1. The van der Waals surface area contributed by atoms with Crippen LogP contribution in [-0.2, 0) is 27.6 Å². The van der Waals surface area contributed by atoms with Gasteiger partial charge in [0.2, 0.25) is 5.60 Å². The topological polar surface area (TPSA) is 109 Å². The van der Waals surface area contributed by atoms with Crippen LogP contribution in [0.5, 0.6) is 11.5 Å². The maximum Gasteiger partial charge on any atom is 0.425 e. The van der Waals surface area contributed by atoms with E-state index in [4.69, 9.17) is 14.6 Å². The molecule has 0 unspecified atom stereocenters. The van der Waals surface area contributed by atoms with Gasteiger partial charge < -0.3 is 24.4 Å². The number of hydrogen-bond acceptors (Lipinski definition) is 7. The normalized spacial score (nSPS) is 20.6. The number of amides is 2. The van der Waals surface area contributed by atoms with E-state index in [1.54, 1.807) is 31.2 Å². The van der Waals surface area contributed by atoms with Gasteiger partial charge in [0.25, 0.3) is 11.8 Å². The number of carbonyl (C=O) groups excluding carboxylic acids is 2. The first kappa shape index (κ1) is 39.8. The van der Waals surface area contributed by atoms with Crippen molar-refractivity contribution in [3.05, 3.63) is 75.7 Å². The number of para-hydroxylation sites is 1. The lowest BCUT2D eigenvalue weighted by Crippen LogP contribution is -2.68. The van der Waals surface area contributed by atoms with Crippen LogP contribution in [0.2, 0.25) is 0 Å². The Morgan fingerprint density at radius 1 is 1.02 bits per heavy atom. The third-order valence-corrected chi connectivity index (χ3v) is 10.5. The van der Waals surface area contributed by atoms with Crippen LogP contribution in [0, 0.1) is 0 Å². The smallest absolute Gasteiger partial charge is 0.425 e. The summed E-state index contributed by atoms with van der Waals surface area (Å²) >= 11 is 0.342. The number of ether oxygens (including phenoxy) is 2. The molecule has 2 amide bonds. The maximum absolute atomic E-state index is 16.7. The zero-order valence-corrected chi connectivity index (χ0v) is 29.5. The molecule has 2 atom stereocenters. The van der Waals surface area contributed by atoms with Crippen molar-refractivity contribution >= 4 is 29.1 Å². The molecule has 4 heterocycles. The van der Waals surface area contributed by atoms with Gasteiger partial charge in [0.05, 0.1) is 23.8 Å². The largest absolute Gasteiger partial charge is 0.493 e. The van der Waals surface area contributed by atoms with E-state index < -0.39 is 63.5 Å². The number of pyridine rings is 1. The minimum absolute atomic E-state index is 0.0278. The molecule has 2 aromatic heterocycles. The molecule has 0 spiro atoms. The van der Waals surface area contributed by atoms with E-state index in [9.17, 15) is 40.7 Å². The number of piperidine rings is 2. The molecule has 2 fully saturated rings. The van der Waals surface area contributed by atoms with E-state index in [1.807, 2.05) is 0 Å². The first-order chi connectivity index (χ1) is 25.0. The molecule has 1 aromatic carbocycles. The molecule has 0 radical (unpaired) electrons. The van der Waals surface area contributed by atoms with E-state index in [2.05, 4.69) is 4.98 Å². The van der Waals surface area contributed by atoms with Gasteiger partial charge in [-0.15, -0.1) is 11.3 Å². The molecule has 2 aliphatic rings. The number of thiophene rings is 1. The van der Waals surface area contributed by atoms with Crippen molar-refractivity contribution in [1.29, 1.82) is 0 Å². The second kappa shape index (κ2) is 15.9. The van der Waals surface area contributed by atoms with Gasteiger partial charge in [0, 0.05) is 74.7 Å². The van der Waals surface area contributed by atoms with Crippen molar-refractivity contribution in [1.82, 2.24) is 14.8 Å². The quantitative estimate of drug-likeness (QED) is 0.146. The van der Waals surface area contributed by atoms with Crippen LogP contribution in [0.25, 0.3) is 0 Å². The predicted molar refractivity (Wildman–Crippen MR) is 178 cm³/mol. The first-order valence-corrected chi connectivity index (χ1v) is 18.0. The first-order valence-electron chi connectivity index (χ1n) is 17.1. The zero-order chi connectivity index (χ0) is 38.6. The molecule has 2 aliphatic heterocycles. The van der Waals surface area contributed by atoms with E-state index in [-0.39, 0.29) is 88.2 Å². The Morgan fingerprint density at radius 2 is 1.74 bits per heavy atom. The summed E-state index contributed by atoms with van der Waals surface area (Å²) in [6.45, 7) is 1.35. The molecule has 53 heavy (non-hydrogen) atoms. The number of nitrogens with zero attached hydrogens (tertiary/aromatic N) is 3. The summed E-state index contributed by atoms with van der Waals surface area (Å²) in [6, 6.07) is 6.55. The SMILES string of the molecule is CCC[C@H]1N(C(=O)c2cnccc2C(F)(F)F)CCC[C@@]1(Oc1csc(C(F)(F)F)c1)C(=O)N1CCC(F)(c2ccccc2OCCCC(=O)O)CC1. The number of alkyl halides is 7. The van der Waals surface area contributed by atoms with Gasteiger partial charge in [0.15, 0.2) is 0 Å². The Morgan fingerprint density at radius 3 is 2.38 bits per heavy atom. The summed E-state index contributed by atoms with van der Waals surface area (Å²) in [4.78, 5) is 44.9. The van der Waals surface area contributed by atoms with Gasteiger partial charge >= 0.3 is 18.3 Å². The van der Waals surface area contributed by atoms with Crippen LogP contribution in [0.4, 0.5) is 30.7 Å². The summed E-state index contributed by atoms with van der Waals surface area (Å²) < 4.78 is 112. The lowest BCUT2D eigenvalue weighted by Gasteiger charge is -2.51. The van der Waals surface area contributed by atoms with Gasteiger partial charge in [0.1, 0.15) is 22.0 Å². The fourth-order valence-electron chi connectivity index (χ4n) is 7.07. The van der Waals surface area contributed by atoms with Crippen LogP contribution < -0.4 is 9.47 Å². The lowest BCUT2D eigenvalue weighted by molar-refractivity contribution is -0.162. The van der Waals surface area contributed by atoms with Gasteiger partial charge in [-0.1, -0.05) is 31.5 Å². The average molecular weight is 774 g/mol. The van der Waals surface area contributed by atoms with E-state index in [0.29, 0.717) is 23.8 Å². The fourth-order valence-corrected chi connectivity index (χ4v) is 7.75. The Balaban J connectivity index is 1.48. The monoisotopic (exact) mass is 773 g/mol. The molecular weight excluding hydrogens is 735 g/mol. The predicted octanol–water partition coefficient (Wildman–Crippen LogP) is 8.13. The van der Waals surface area contributed by atoms with Crippen molar-refractivity contribution in [2.24, 2.45) is 0 Å². The Kier molecular flexibility index (Phi) is 11.9. The number of hydrogen-bond donors (Lipinski definition) is 1. The summed E-state index contributed by atoms with van der Waals surface area (Å²) in [5.41, 5.74) is -5.78. The fraction of sp³-hybridized carbons (Fsp3) is 0.500. The standard InChI is InChI=1S/C36H38F7N3O6S/c1-2-7-28-34(52-23-20-29(53-22-23)36(41,42)43,12-6-16-46(28)31(49)24-21-44-15-11-25(24)35(38,39)40)32(50)45-17-13-33(37,14-18-45)26-8-3-4-9-27(26)51-19-5-10-30(47)48/h3-4,8-9,11,15,20-22,28H,2,5-7,10,12-14,16-19H2,1H3,(H,47,48)/t28-,34+/m1/s1. The van der Waals surface area contributed by atoms with Crippen LogP contribution in [0.15, 0.2) is 54.2 Å². The summed E-state index contributed by atoms with van der Waals surface area (Å²) in [5.74, 6) is -2.87. The minimum atomic E-state index is -4.91. The molecule has 5 rings (SSSR count).